The number of ether oxygens (including phenoxy) is 1. The average molecular weight is 305 g/mol. The van der Waals surface area contributed by atoms with Crippen LogP contribution in [0.5, 0.6) is 5.75 Å². The van der Waals surface area contributed by atoms with E-state index >= 15 is 0 Å². The Labute approximate surface area is 128 Å². The van der Waals surface area contributed by atoms with Gasteiger partial charge in [0.05, 0.1) is 7.11 Å². The Kier molecular flexibility index (Phi) is 5.35. The highest BCUT2D eigenvalue weighted by molar-refractivity contribution is 6.05. The molecule has 22 heavy (non-hydrogen) atoms. The van der Waals surface area contributed by atoms with Crippen LogP contribution in [0.3, 0.4) is 0 Å². The van der Waals surface area contributed by atoms with E-state index in [4.69, 9.17) is 4.74 Å². The lowest BCUT2D eigenvalue weighted by Gasteiger charge is -2.07. The van der Waals surface area contributed by atoms with Gasteiger partial charge in [0.15, 0.2) is 0 Å². The predicted molar refractivity (Wildman–Crippen MR) is 78.7 cm³/mol. The van der Waals surface area contributed by atoms with E-state index in [0.717, 1.165) is 11.3 Å². The largest absolute Gasteiger partial charge is 0.497 e. The standard InChI is InChI=1S/C15H19N3O4/c1-22-11-4-2-3-10(9-11)7-8-16-13(19)6-5-12-14(20)17-18-15(12)21/h2-4,9,12H,5-8H2,1H3,(H,16,19)(H,17,20)(H,18,21). The van der Waals surface area contributed by atoms with Crippen molar-refractivity contribution in [2.45, 2.75) is 19.3 Å². The van der Waals surface area contributed by atoms with E-state index in [9.17, 15) is 14.4 Å². The molecule has 0 bridgehead atoms. The van der Waals surface area contributed by atoms with Crippen LogP contribution in [0.25, 0.3) is 0 Å². The first-order valence-corrected chi connectivity index (χ1v) is 7.09. The third-order valence-electron chi connectivity index (χ3n) is 3.47. The van der Waals surface area contributed by atoms with Crippen molar-refractivity contribution in [1.82, 2.24) is 16.2 Å². The van der Waals surface area contributed by atoms with Crippen LogP contribution < -0.4 is 20.9 Å². The number of hydrogen-bond donors (Lipinski definition) is 3. The first-order chi connectivity index (χ1) is 10.6. The second-order valence-corrected chi connectivity index (χ2v) is 5.02. The van der Waals surface area contributed by atoms with Gasteiger partial charge in [0.2, 0.25) is 5.91 Å². The second kappa shape index (κ2) is 7.44. The van der Waals surface area contributed by atoms with Gasteiger partial charge in [-0.15, -0.1) is 0 Å². The molecule has 0 aromatic heterocycles. The first-order valence-electron chi connectivity index (χ1n) is 7.09. The lowest BCUT2D eigenvalue weighted by molar-refractivity contribution is -0.128. The van der Waals surface area contributed by atoms with Gasteiger partial charge in [-0.3, -0.25) is 25.2 Å². The van der Waals surface area contributed by atoms with E-state index in [1.807, 2.05) is 24.3 Å². The zero-order valence-electron chi connectivity index (χ0n) is 12.3. The zero-order valence-corrected chi connectivity index (χ0v) is 12.3. The van der Waals surface area contributed by atoms with Crippen molar-refractivity contribution in [3.05, 3.63) is 29.8 Å². The highest BCUT2D eigenvalue weighted by Gasteiger charge is 2.32. The van der Waals surface area contributed by atoms with Crippen LogP contribution in [-0.4, -0.2) is 31.4 Å². The molecule has 7 heteroatoms. The summed E-state index contributed by atoms with van der Waals surface area (Å²) in [6.07, 6.45) is 1.04. The summed E-state index contributed by atoms with van der Waals surface area (Å²) in [6, 6.07) is 7.63. The molecule has 1 aliphatic rings. The van der Waals surface area contributed by atoms with Gasteiger partial charge in [0.1, 0.15) is 11.7 Å². The Morgan fingerprint density at radius 1 is 1.27 bits per heavy atom. The normalized spacial score (nSPS) is 14.4. The van der Waals surface area contributed by atoms with E-state index in [2.05, 4.69) is 16.2 Å². The molecule has 0 aliphatic carbocycles. The number of amides is 3. The predicted octanol–water partition coefficient (Wildman–Crippen LogP) is -0.0887. The SMILES string of the molecule is COc1cccc(CCNC(=O)CCC2C(=O)NNC2=O)c1. The lowest BCUT2D eigenvalue weighted by atomic mass is 10.0. The van der Waals surface area contributed by atoms with Crippen molar-refractivity contribution in [2.75, 3.05) is 13.7 Å². The van der Waals surface area contributed by atoms with E-state index in [1.54, 1.807) is 7.11 Å². The fraction of sp³-hybridized carbons (Fsp3) is 0.400. The zero-order chi connectivity index (χ0) is 15.9. The lowest BCUT2D eigenvalue weighted by Crippen LogP contribution is -2.28. The van der Waals surface area contributed by atoms with Crippen LogP contribution in [0, 0.1) is 5.92 Å². The van der Waals surface area contributed by atoms with Crippen LogP contribution in [0.2, 0.25) is 0 Å². The molecule has 0 atom stereocenters. The third-order valence-corrected chi connectivity index (χ3v) is 3.47. The average Bonchev–Trinajstić information content (AvgIpc) is 2.84. The summed E-state index contributed by atoms with van der Waals surface area (Å²) >= 11 is 0. The van der Waals surface area contributed by atoms with Crippen molar-refractivity contribution >= 4 is 17.7 Å². The number of hydrogen-bond acceptors (Lipinski definition) is 4. The van der Waals surface area contributed by atoms with E-state index in [0.29, 0.717) is 13.0 Å². The summed E-state index contributed by atoms with van der Waals surface area (Å²) in [5.74, 6) is -0.926. The number of carbonyl (C=O) groups is 3. The molecule has 1 aromatic rings. The molecule has 1 fully saturated rings. The maximum absolute atomic E-state index is 11.7. The number of rotatable bonds is 7. The van der Waals surface area contributed by atoms with Gasteiger partial charge in [-0.05, 0) is 30.5 Å². The van der Waals surface area contributed by atoms with Crippen LogP contribution >= 0.6 is 0 Å². The van der Waals surface area contributed by atoms with Gasteiger partial charge >= 0.3 is 0 Å². The van der Waals surface area contributed by atoms with Gasteiger partial charge in [0.25, 0.3) is 11.8 Å². The molecule has 0 saturated carbocycles. The Hall–Kier alpha value is -2.57. The number of carbonyl (C=O) groups excluding carboxylic acids is 3. The molecule has 1 aromatic carbocycles. The molecule has 1 heterocycles. The Morgan fingerprint density at radius 3 is 2.68 bits per heavy atom. The molecule has 0 radical (unpaired) electrons. The molecule has 0 unspecified atom stereocenters. The number of methoxy groups -OCH3 is 1. The highest BCUT2D eigenvalue weighted by atomic mass is 16.5. The molecule has 7 nitrogen and oxygen atoms in total. The summed E-state index contributed by atoms with van der Waals surface area (Å²) in [5.41, 5.74) is 5.54. The minimum atomic E-state index is -0.774. The van der Waals surface area contributed by atoms with Crippen molar-refractivity contribution in [2.24, 2.45) is 5.92 Å². The van der Waals surface area contributed by atoms with Gasteiger partial charge in [0, 0.05) is 13.0 Å². The monoisotopic (exact) mass is 305 g/mol. The number of hydrazine groups is 1. The van der Waals surface area contributed by atoms with Crippen LogP contribution in [0.4, 0.5) is 0 Å². The molecule has 3 N–H and O–H groups in total. The quantitative estimate of drug-likeness (QED) is 0.613. The topological polar surface area (TPSA) is 96.5 Å². The van der Waals surface area contributed by atoms with E-state index in [-0.39, 0.29) is 30.6 Å². The molecule has 118 valence electrons. The number of nitrogens with one attached hydrogen (secondary N) is 3. The summed E-state index contributed by atoms with van der Waals surface area (Å²) in [7, 11) is 1.61. The molecule has 1 aliphatic heterocycles. The van der Waals surface area contributed by atoms with Crippen molar-refractivity contribution < 1.29 is 19.1 Å². The highest BCUT2D eigenvalue weighted by Crippen LogP contribution is 2.13. The van der Waals surface area contributed by atoms with Crippen LogP contribution in [0.1, 0.15) is 18.4 Å². The molecule has 3 amide bonds. The Balaban J connectivity index is 1.69. The molecule has 1 saturated heterocycles. The third kappa shape index (κ3) is 4.21. The summed E-state index contributed by atoms with van der Waals surface area (Å²) < 4.78 is 5.13. The van der Waals surface area contributed by atoms with Gasteiger partial charge in [-0.1, -0.05) is 12.1 Å². The molecular weight excluding hydrogens is 286 g/mol. The fourth-order valence-corrected chi connectivity index (χ4v) is 2.22. The summed E-state index contributed by atoms with van der Waals surface area (Å²) in [6.45, 7) is 0.495. The van der Waals surface area contributed by atoms with E-state index in [1.165, 1.54) is 0 Å². The maximum atomic E-state index is 11.7. The maximum Gasteiger partial charge on any atom is 0.251 e. The smallest absolute Gasteiger partial charge is 0.251 e. The minimum absolute atomic E-state index is 0.142. The van der Waals surface area contributed by atoms with Gasteiger partial charge < -0.3 is 10.1 Å². The molecule has 2 rings (SSSR count). The van der Waals surface area contributed by atoms with Gasteiger partial charge in [-0.2, -0.15) is 0 Å². The van der Waals surface area contributed by atoms with Crippen LogP contribution in [0.15, 0.2) is 24.3 Å². The molecular formula is C15H19N3O4. The second-order valence-electron chi connectivity index (χ2n) is 5.02. The Morgan fingerprint density at radius 2 is 2.00 bits per heavy atom. The van der Waals surface area contributed by atoms with Gasteiger partial charge in [-0.25, -0.2) is 0 Å². The fourth-order valence-electron chi connectivity index (χ4n) is 2.22. The van der Waals surface area contributed by atoms with Crippen molar-refractivity contribution in [1.29, 1.82) is 0 Å². The van der Waals surface area contributed by atoms with E-state index < -0.39 is 5.92 Å². The van der Waals surface area contributed by atoms with Crippen molar-refractivity contribution in [3.8, 4) is 5.75 Å². The Bertz CT molecular complexity index is 558. The minimum Gasteiger partial charge on any atom is -0.497 e. The van der Waals surface area contributed by atoms with Crippen LogP contribution in [-0.2, 0) is 20.8 Å². The number of benzene rings is 1. The van der Waals surface area contributed by atoms with Crippen molar-refractivity contribution in [3.63, 3.8) is 0 Å². The first kappa shape index (κ1) is 15.8. The summed E-state index contributed by atoms with van der Waals surface area (Å²) in [4.78, 5) is 34.4. The summed E-state index contributed by atoms with van der Waals surface area (Å²) in [5, 5.41) is 2.78. The molecule has 0 spiro atoms.